The van der Waals surface area contributed by atoms with Crippen LogP contribution in [0.5, 0.6) is 0 Å². The molecule has 1 aliphatic heterocycles. The molecule has 19 heavy (non-hydrogen) atoms. The van der Waals surface area contributed by atoms with E-state index in [1.54, 1.807) is 0 Å². The van der Waals surface area contributed by atoms with Crippen LogP contribution >= 0.6 is 0 Å². The zero-order chi connectivity index (χ0) is 13.8. The van der Waals surface area contributed by atoms with Crippen molar-refractivity contribution in [1.29, 1.82) is 0 Å². The number of nitrogens with zero attached hydrogens (tertiary/aromatic N) is 1. The fraction of sp³-hybridized carbons (Fsp3) is 0.286. The second kappa shape index (κ2) is 5.56. The predicted molar refractivity (Wildman–Crippen MR) is 68.5 cm³/mol. The average molecular weight is 261 g/mol. The van der Waals surface area contributed by atoms with Crippen molar-refractivity contribution in [3.8, 4) is 0 Å². The molecule has 0 saturated carbocycles. The van der Waals surface area contributed by atoms with Crippen LogP contribution in [-0.2, 0) is 16.1 Å². The first-order valence-electron chi connectivity index (χ1n) is 5.97. The van der Waals surface area contributed by atoms with Crippen molar-refractivity contribution in [3.63, 3.8) is 0 Å². The van der Waals surface area contributed by atoms with Crippen LogP contribution in [0.4, 0.5) is 4.79 Å². The Hall–Kier alpha value is -2.30. The minimum absolute atomic E-state index is 0.117. The van der Waals surface area contributed by atoms with Crippen LogP contribution in [0, 0.1) is 0 Å². The summed E-state index contributed by atoms with van der Waals surface area (Å²) in [7, 11) is 0. The Balaban J connectivity index is 2.22. The molecule has 0 aliphatic carbocycles. The summed E-state index contributed by atoms with van der Waals surface area (Å²) < 4.78 is 4.99. The Morgan fingerprint density at radius 1 is 1.47 bits per heavy atom. The first-order chi connectivity index (χ1) is 9.13. The Bertz CT molecular complexity index is 512. The summed E-state index contributed by atoms with van der Waals surface area (Å²) >= 11 is 0. The first-order valence-corrected chi connectivity index (χ1v) is 5.97. The molecular weight excluding hydrogens is 246 g/mol. The summed E-state index contributed by atoms with van der Waals surface area (Å²) in [5, 5.41) is 8.98. The average Bonchev–Trinajstić information content (AvgIpc) is 2.74. The van der Waals surface area contributed by atoms with Crippen molar-refractivity contribution in [2.45, 2.75) is 19.0 Å². The topological polar surface area (TPSA) is 66.8 Å². The number of rotatable bonds is 4. The molecular formula is C14H15NO4. The normalized spacial score (nSPS) is 16.8. The lowest BCUT2D eigenvalue weighted by Crippen LogP contribution is -2.31. The molecule has 0 aromatic heterocycles. The molecule has 0 saturated heterocycles. The molecule has 1 heterocycles. The smallest absolute Gasteiger partial charge is 0.410 e. The largest absolute Gasteiger partial charge is 0.481 e. The molecule has 0 spiro atoms. The van der Waals surface area contributed by atoms with Gasteiger partial charge in [0, 0.05) is 6.54 Å². The number of benzene rings is 1. The van der Waals surface area contributed by atoms with Crippen molar-refractivity contribution in [2.24, 2.45) is 0 Å². The number of carbonyl (C=O) groups is 2. The van der Waals surface area contributed by atoms with E-state index in [1.807, 2.05) is 24.3 Å². The number of carbonyl (C=O) groups excluding carboxylic acids is 1. The van der Waals surface area contributed by atoms with Crippen LogP contribution in [0.15, 0.2) is 36.9 Å². The highest BCUT2D eigenvalue weighted by Gasteiger charge is 2.35. The SMILES string of the molecule is C=CCOC(=O)N1Cc2ccccc2C1CC(=O)O. The second-order valence-electron chi connectivity index (χ2n) is 4.31. The number of hydrogen-bond donors (Lipinski definition) is 1. The van der Waals surface area contributed by atoms with Crippen molar-refractivity contribution in [2.75, 3.05) is 6.61 Å². The van der Waals surface area contributed by atoms with E-state index in [-0.39, 0.29) is 13.0 Å². The molecule has 0 radical (unpaired) electrons. The van der Waals surface area contributed by atoms with Crippen LogP contribution in [-0.4, -0.2) is 28.7 Å². The van der Waals surface area contributed by atoms with E-state index >= 15 is 0 Å². The van der Waals surface area contributed by atoms with Gasteiger partial charge in [-0.15, -0.1) is 0 Å². The van der Waals surface area contributed by atoms with Crippen molar-refractivity contribution in [3.05, 3.63) is 48.0 Å². The fourth-order valence-electron chi connectivity index (χ4n) is 2.26. The summed E-state index contributed by atoms with van der Waals surface area (Å²) in [5.41, 5.74) is 1.84. The quantitative estimate of drug-likeness (QED) is 0.845. The maximum absolute atomic E-state index is 11.9. The van der Waals surface area contributed by atoms with E-state index in [4.69, 9.17) is 9.84 Å². The molecule has 1 atom stereocenters. The Labute approximate surface area is 111 Å². The Morgan fingerprint density at radius 3 is 2.89 bits per heavy atom. The number of aliphatic carboxylic acids is 1. The summed E-state index contributed by atoms with van der Waals surface area (Å²) in [4.78, 5) is 24.3. The fourth-order valence-corrected chi connectivity index (χ4v) is 2.26. The van der Waals surface area contributed by atoms with Gasteiger partial charge in [0.25, 0.3) is 0 Å². The van der Waals surface area contributed by atoms with E-state index in [2.05, 4.69) is 6.58 Å². The minimum Gasteiger partial charge on any atom is -0.481 e. The van der Waals surface area contributed by atoms with E-state index in [9.17, 15) is 9.59 Å². The van der Waals surface area contributed by atoms with E-state index < -0.39 is 18.1 Å². The number of fused-ring (bicyclic) bond motifs is 1. The highest BCUT2D eigenvalue weighted by Crippen LogP contribution is 2.36. The highest BCUT2D eigenvalue weighted by molar-refractivity contribution is 5.73. The lowest BCUT2D eigenvalue weighted by atomic mass is 10.0. The molecule has 5 nitrogen and oxygen atoms in total. The molecule has 5 heteroatoms. The van der Waals surface area contributed by atoms with Gasteiger partial charge in [-0.25, -0.2) is 4.79 Å². The van der Waals surface area contributed by atoms with Crippen LogP contribution < -0.4 is 0 Å². The van der Waals surface area contributed by atoms with E-state index in [1.165, 1.54) is 11.0 Å². The molecule has 1 aliphatic rings. The number of ether oxygens (including phenoxy) is 1. The monoisotopic (exact) mass is 261 g/mol. The lowest BCUT2D eigenvalue weighted by molar-refractivity contribution is -0.138. The zero-order valence-corrected chi connectivity index (χ0v) is 10.4. The Morgan fingerprint density at radius 2 is 2.21 bits per heavy atom. The van der Waals surface area contributed by atoms with Crippen LogP contribution in [0.2, 0.25) is 0 Å². The van der Waals surface area contributed by atoms with Gasteiger partial charge in [-0.2, -0.15) is 0 Å². The van der Waals surface area contributed by atoms with Gasteiger partial charge in [0.1, 0.15) is 6.61 Å². The third-order valence-corrected chi connectivity index (χ3v) is 3.06. The molecule has 0 fully saturated rings. The molecule has 0 bridgehead atoms. The van der Waals surface area contributed by atoms with Crippen molar-refractivity contribution in [1.82, 2.24) is 4.90 Å². The van der Waals surface area contributed by atoms with Gasteiger partial charge in [-0.05, 0) is 11.1 Å². The van der Waals surface area contributed by atoms with Gasteiger partial charge in [-0.3, -0.25) is 9.69 Å². The van der Waals surface area contributed by atoms with Crippen molar-refractivity contribution >= 4 is 12.1 Å². The van der Waals surface area contributed by atoms with Crippen molar-refractivity contribution < 1.29 is 19.4 Å². The highest BCUT2D eigenvalue weighted by atomic mass is 16.6. The maximum atomic E-state index is 11.9. The summed E-state index contributed by atoms with van der Waals surface area (Å²) in [6.07, 6.45) is 0.843. The number of amides is 1. The molecule has 1 amide bonds. The van der Waals surface area contributed by atoms with Gasteiger partial charge in [-0.1, -0.05) is 36.9 Å². The van der Waals surface area contributed by atoms with Gasteiger partial charge in [0.05, 0.1) is 12.5 Å². The number of hydrogen-bond acceptors (Lipinski definition) is 3. The lowest BCUT2D eigenvalue weighted by Gasteiger charge is -2.23. The molecule has 2 rings (SSSR count). The molecule has 100 valence electrons. The van der Waals surface area contributed by atoms with E-state index in [0.29, 0.717) is 6.54 Å². The number of carboxylic acids is 1. The Kier molecular flexibility index (Phi) is 3.85. The summed E-state index contributed by atoms with van der Waals surface area (Å²) in [6.45, 7) is 3.97. The van der Waals surface area contributed by atoms with Gasteiger partial charge < -0.3 is 9.84 Å². The van der Waals surface area contributed by atoms with Gasteiger partial charge in [0.15, 0.2) is 0 Å². The maximum Gasteiger partial charge on any atom is 0.410 e. The molecule has 1 aromatic carbocycles. The predicted octanol–water partition coefficient (Wildman–Crippen LogP) is 2.34. The molecule has 1 N–H and O–H groups in total. The van der Waals surface area contributed by atoms with Crippen LogP contribution in [0.3, 0.4) is 0 Å². The number of carboxylic acid groups (broad SMARTS) is 1. The van der Waals surface area contributed by atoms with Crippen LogP contribution in [0.25, 0.3) is 0 Å². The zero-order valence-electron chi connectivity index (χ0n) is 10.4. The third-order valence-electron chi connectivity index (χ3n) is 3.06. The van der Waals surface area contributed by atoms with E-state index in [0.717, 1.165) is 11.1 Å². The second-order valence-corrected chi connectivity index (χ2v) is 4.31. The summed E-state index contributed by atoms with van der Waals surface area (Å²) in [6, 6.07) is 6.99. The van der Waals surface area contributed by atoms with Gasteiger partial charge in [0.2, 0.25) is 0 Å². The standard InChI is InChI=1S/C14H15NO4/c1-2-7-19-14(18)15-9-10-5-3-4-6-11(10)12(15)8-13(16)17/h2-6,12H,1,7-9H2,(H,16,17). The summed E-state index contributed by atoms with van der Waals surface area (Å²) in [5.74, 6) is -0.941. The first kappa shape index (κ1) is 13.1. The third kappa shape index (κ3) is 2.76. The minimum atomic E-state index is -0.941. The molecule has 1 unspecified atom stereocenters. The molecule has 1 aromatic rings. The van der Waals surface area contributed by atoms with Gasteiger partial charge >= 0.3 is 12.1 Å². The van der Waals surface area contributed by atoms with Crippen LogP contribution in [0.1, 0.15) is 23.6 Å².